The Morgan fingerprint density at radius 3 is 3.24 bits per heavy atom. The average molecular weight is 306 g/mol. The van der Waals surface area contributed by atoms with Crippen molar-refractivity contribution in [3.05, 3.63) is 34.8 Å². The largest absolute Gasteiger partial charge is 0.378 e. The molecule has 0 aliphatic carbocycles. The molecular formula is C14H18N4O2S. The van der Waals surface area contributed by atoms with Crippen molar-refractivity contribution in [3.8, 4) is 0 Å². The maximum atomic E-state index is 12.5. The van der Waals surface area contributed by atoms with Crippen molar-refractivity contribution in [2.45, 2.75) is 25.5 Å². The first-order chi connectivity index (χ1) is 10.3. The Balaban J connectivity index is 1.68. The summed E-state index contributed by atoms with van der Waals surface area (Å²) in [4.78, 5) is 22.9. The van der Waals surface area contributed by atoms with Crippen LogP contribution in [0, 0.1) is 0 Å². The molecule has 0 radical (unpaired) electrons. The van der Waals surface area contributed by atoms with Gasteiger partial charge in [-0.25, -0.2) is 9.97 Å². The fourth-order valence-corrected chi connectivity index (χ4v) is 3.37. The second-order valence-electron chi connectivity index (χ2n) is 5.12. The molecule has 0 bridgehead atoms. The number of likely N-dealkylation sites (tertiary alicyclic amines) is 1. The smallest absolute Gasteiger partial charge is 0.273 e. The molecular weight excluding hydrogens is 288 g/mol. The Hall–Kier alpha value is -1.73. The Labute approximate surface area is 127 Å². The highest BCUT2D eigenvalue weighted by atomic mass is 32.1. The number of aromatic nitrogens is 3. The minimum absolute atomic E-state index is 0.0124. The van der Waals surface area contributed by atoms with Gasteiger partial charge in [0.05, 0.1) is 19.0 Å². The summed E-state index contributed by atoms with van der Waals surface area (Å²) in [7, 11) is 1.63. The minimum atomic E-state index is 0.0124. The molecule has 2 aromatic rings. The molecule has 3 heterocycles. The van der Waals surface area contributed by atoms with E-state index >= 15 is 0 Å². The molecule has 1 fully saturated rings. The van der Waals surface area contributed by atoms with Crippen LogP contribution in [-0.2, 0) is 11.3 Å². The maximum absolute atomic E-state index is 12.5. The van der Waals surface area contributed by atoms with Crippen LogP contribution in [0.4, 0.5) is 0 Å². The van der Waals surface area contributed by atoms with E-state index in [9.17, 15) is 4.79 Å². The number of nitrogens with zero attached hydrogens (tertiary/aromatic N) is 4. The number of rotatable bonds is 4. The maximum Gasteiger partial charge on any atom is 0.273 e. The molecule has 3 rings (SSSR count). The highest BCUT2D eigenvalue weighted by Gasteiger charge is 2.26. The number of thiazole rings is 1. The van der Waals surface area contributed by atoms with Gasteiger partial charge in [0.25, 0.3) is 5.91 Å². The van der Waals surface area contributed by atoms with E-state index in [1.807, 2.05) is 22.8 Å². The normalized spacial score (nSPS) is 18.9. The van der Waals surface area contributed by atoms with Crippen LogP contribution in [0.25, 0.3) is 0 Å². The standard InChI is InChI=1S/C14H18N4O2S/c1-20-8-13-16-12(9-21-13)14(19)17-5-2-3-11(7-17)18-6-4-15-10-18/h4,6,9-11H,2-3,5,7-8H2,1H3/t11-/m1/s1. The Morgan fingerprint density at radius 1 is 1.57 bits per heavy atom. The first-order valence-corrected chi connectivity index (χ1v) is 7.86. The molecule has 112 valence electrons. The lowest BCUT2D eigenvalue weighted by atomic mass is 10.1. The molecule has 2 aromatic heterocycles. The zero-order valence-electron chi connectivity index (χ0n) is 11.9. The molecule has 1 aliphatic rings. The lowest BCUT2D eigenvalue weighted by Gasteiger charge is -2.32. The van der Waals surface area contributed by atoms with Crippen molar-refractivity contribution in [2.75, 3.05) is 20.2 Å². The van der Waals surface area contributed by atoms with Gasteiger partial charge in [-0.3, -0.25) is 4.79 Å². The fourth-order valence-electron chi connectivity index (χ4n) is 2.63. The minimum Gasteiger partial charge on any atom is -0.378 e. The monoisotopic (exact) mass is 306 g/mol. The van der Waals surface area contributed by atoms with Gasteiger partial charge in [0, 0.05) is 38.0 Å². The van der Waals surface area contributed by atoms with Crippen molar-refractivity contribution in [3.63, 3.8) is 0 Å². The van der Waals surface area contributed by atoms with Crippen LogP contribution in [0.1, 0.15) is 34.4 Å². The first-order valence-electron chi connectivity index (χ1n) is 6.98. The quantitative estimate of drug-likeness (QED) is 0.866. The molecule has 1 amide bonds. The Morgan fingerprint density at radius 2 is 2.48 bits per heavy atom. The van der Waals surface area contributed by atoms with Gasteiger partial charge in [-0.1, -0.05) is 0 Å². The number of ether oxygens (including phenoxy) is 1. The van der Waals surface area contributed by atoms with Crippen LogP contribution in [0.5, 0.6) is 0 Å². The molecule has 6 nitrogen and oxygen atoms in total. The third-order valence-electron chi connectivity index (χ3n) is 3.67. The number of imidazole rings is 1. The highest BCUT2D eigenvalue weighted by Crippen LogP contribution is 2.23. The van der Waals surface area contributed by atoms with Crippen molar-refractivity contribution < 1.29 is 9.53 Å². The van der Waals surface area contributed by atoms with Crippen LogP contribution >= 0.6 is 11.3 Å². The third kappa shape index (κ3) is 3.14. The number of hydrogen-bond donors (Lipinski definition) is 0. The van der Waals surface area contributed by atoms with Gasteiger partial charge in [-0.05, 0) is 12.8 Å². The van der Waals surface area contributed by atoms with Crippen LogP contribution < -0.4 is 0 Å². The predicted octanol–water partition coefficient (Wildman–Crippen LogP) is 1.96. The lowest BCUT2D eigenvalue weighted by molar-refractivity contribution is 0.0673. The summed E-state index contributed by atoms with van der Waals surface area (Å²) in [5.41, 5.74) is 0.526. The van der Waals surface area contributed by atoms with Crippen LogP contribution in [0.2, 0.25) is 0 Å². The summed E-state index contributed by atoms with van der Waals surface area (Å²) in [5, 5.41) is 2.65. The molecule has 7 heteroatoms. The molecule has 21 heavy (non-hydrogen) atoms. The summed E-state index contributed by atoms with van der Waals surface area (Å²) >= 11 is 1.47. The molecule has 1 saturated heterocycles. The molecule has 0 N–H and O–H groups in total. The summed E-state index contributed by atoms with van der Waals surface area (Å²) in [6, 6.07) is 0.308. The third-order valence-corrected chi connectivity index (χ3v) is 4.49. The number of amides is 1. The topological polar surface area (TPSA) is 60.2 Å². The highest BCUT2D eigenvalue weighted by molar-refractivity contribution is 7.09. The van der Waals surface area contributed by atoms with E-state index in [-0.39, 0.29) is 5.91 Å². The zero-order chi connectivity index (χ0) is 14.7. The molecule has 1 atom stereocenters. The van der Waals surface area contributed by atoms with Gasteiger partial charge in [0.15, 0.2) is 0 Å². The van der Waals surface area contributed by atoms with E-state index in [1.54, 1.807) is 13.3 Å². The predicted molar refractivity (Wildman–Crippen MR) is 79.2 cm³/mol. The van der Waals surface area contributed by atoms with E-state index in [4.69, 9.17) is 4.74 Å². The molecule has 0 aromatic carbocycles. The summed E-state index contributed by atoms with van der Waals surface area (Å²) in [6.07, 6.45) is 7.63. The SMILES string of the molecule is COCc1nc(C(=O)N2CCC[C@@H](n3ccnc3)C2)cs1. The zero-order valence-corrected chi connectivity index (χ0v) is 12.8. The molecule has 0 unspecified atom stereocenters. The second-order valence-corrected chi connectivity index (χ2v) is 6.06. The van der Waals surface area contributed by atoms with Crippen molar-refractivity contribution in [1.82, 2.24) is 19.4 Å². The van der Waals surface area contributed by atoms with Crippen molar-refractivity contribution >= 4 is 17.2 Å². The Bertz CT molecular complexity index is 596. The second kappa shape index (κ2) is 6.36. The number of carbonyl (C=O) groups excluding carboxylic acids is 1. The van der Waals surface area contributed by atoms with Crippen LogP contribution in [-0.4, -0.2) is 45.5 Å². The molecule has 0 saturated carbocycles. The summed E-state index contributed by atoms with van der Waals surface area (Å²) in [6.45, 7) is 1.96. The lowest BCUT2D eigenvalue weighted by Crippen LogP contribution is -2.40. The van der Waals surface area contributed by atoms with Gasteiger partial charge in [-0.15, -0.1) is 11.3 Å². The van der Waals surface area contributed by atoms with Gasteiger partial charge in [0.1, 0.15) is 10.7 Å². The fraction of sp³-hybridized carbons (Fsp3) is 0.500. The van der Waals surface area contributed by atoms with E-state index in [2.05, 4.69) is 14.5 Å². The van der Waals surface area contributed by atoms with E-state index < -0.39 is 0 Å². The number of carbonyl (C=O) groups is 1. The molecule has 0 spiro atoms. The molecule has 1 aliphatic heterocycles. The van der Waals surface area contributed by atoms with Crippen LogP contribution in [0.15, 0.2) is 24.1 Å². The van der Waals surface area contributed by atoms with Gasteiger partial charge in [-0.2, -0.15) is 0 Å². The Kier molecular flexibility index (Phi) is 4.31. The van der Waals surface area contributed by atoms with Gasteiger partial charge in [0.2, 0.25) is 0 Å². The first kappa shape index (κ1) is 14.2. The van der Waals surface area contributed by atoms with E-state index in [0.29, 0.717) is 24.9 Å². The van der Waals surface area contributed by atoms with Crippen molar-refractivity contribution in [1.29, 1.82) is 0 Å². The number of hydrogen-bond acceptors (Lipinski definition) is 5. The van der Waals surface area contributed by atoms with Crippen molar-refractivity contribution in [2.24, 2.45) is 0 Å². The summed E-state index contributed by atoms with van der Waals surface area (Å²) < 4.78 is 7.13. The van der Waals surface area contributed by atoms with E-state index in [1.165, 1.54) is 11.3 Å². The van der Waals surface area contributed by atoms with Gasteiger partial charge < -0.3 is 14.2 Å². The van der Waals surface area contributed by atoms with E-state index in [0.717, 1.165) is 24.4 Å². The summed E-state index contributed by atoms with van der Waals surface area (Å²) in [5.74, 6) is 0.0124. The van der Waals surface area contributed by atoms with Crippen LogP contribution in [0.3, 0.4) is 0 Å². The van der Waals surface area contributed by atoms with Gasteiger partial charge >= 0.3 is 0 Å². The number of piperidine rings is 1. The number of methoxy groups -OCH3 is 1. The average Bonchev–Trinajstić information content (AvgIpc) is 3.18.